The van der Waals surface area contributed by atoms with E-state index in [2.05, 4.69) is 10.0 Å². The van der Waals surface area contributed by atoms with E-state index < -0.39 is 15.4 Å². The van der Waals surface area contributed by atoms with E-state index in [0.29, 0.717) is 23.9 Å². The molecule has 2 aromatic carbocycles. The van der Waals surface area contributed by atoms with Gasteiger partial charge in [0.25, 0.3) is 10.0 Å². The van der Waals surface area contributed by atoms with Crippen molar-refractivity contribution in [3.05, 3.63) is 58.6 Å². The Labute approximate surface area is 170 Å². The van der Waals surface area contributed by atoms with Gasteiger partial charge in [0, 0.05) is 24.4 Å². The Morgan fingerprint density at radius 3 is 2.43 bits per heavy atom. The minimum Gasteiger partial charge on any atom is -0.383 e. The van der Waals surface area contributed by atoms with Crippen LogP contribution in [0.3, 0.4) is 0 Å². The van der Waals surface area contributed by atoms with Crippen LogP contribution in [0.15, 0.2) is 47.4 Å². The molecule has 28 heavy (non-hydrogen) atoms. The van der Waals surface area contributed by atoms with E-state index in [0.717, 1.165) is 24.0 Å². The smallest absolute Gasteiger partial charge is 0.261 e. The molecule has 6 nitrogen and oxygen atoms in total. The van der Waals surface area contributed by atoms with E-state index in [1.165, 1.54) is 12.1 Å². The molecule has 150 valence electrons. The minimum absolute atomic E-state index is 0.0211. The average molecular weight is 423 g/mol. The molecular weight excluding hydrogens is 400 g/mol. The van der Waals surface area contributed by atoms with Crippen molar-refractivity contribution in [2.24, 2.45) is 0 Å². The van der Waals surface area contributed by atoms with E-state index in [1.54, 1.807) is 37.4 Å². The highest BCUT2D eigenvalue weighted by atomic mass is 35.5. The molecule has 0 bridgehead atoms. The third-order valence-electron chi connectivity index (χ3n) is 4.92. The summed E-state index contributed by atoms with van der Waals surface area (Å²) in [5.74, 6) is -0.0211. The lowest BCUT2D eigenvalue weighted by molar-refractivity contribution is -0.123. The van der Waals surface area contributed by atoms with Crippen LogP contribution in [0.4, 0.5) is 5.69 Å². The van der Waals surface area contributed by atoms with E-state index in [4.69, 9.17) is 16.3 Å². The third-order valence-corrected chi connectivity index (χ3v) is 6.71. The molecule has 2 aromatic rings. The van der Waals surface area contributed by atoms with Gasteiger partial charge in [-0.1, -0.05) is 29.8 Å². The molecule has 0 spiro atoms. The topological polar surface area (TPSA) is 84.5 Å². The zero-order valence-electron chi connectivity index (χ0n) is 15.8. The van der Waals surface area contributed by atoms with Crippen molar-refractivity contribution >= 4 is 33.2 Å². The van der Waals surface area contributed by atoms with Crippen LogP contribution in [0.2, 0.25) is 5.02 Å². The summed E-state index contributed by atoms with van der Waals surface area (Å²) in [6, 6.07) is 11.5. The van der Waals surface area contributed by atoms with Crippen LogP contribution in [0.5, 0.6) is 0 Å². The van der Waals surface area contributed by atoms with Crippen LogP contribution < -0.4 is 10.0 Å². The van der Waals surface area contributed by atoms with Gasteiger partial charge in [-0.3, -0.25) is 9.52 Å². The number of carbonyl (C=O) groups excluding carboxylic acids is 1. The Hall–Kier alpha value is -2.09. The van der Waals surface area contributed by atoms with E-state index in [1.807, 2.05) is 6.92 Å². The number of sulfonamides is 1. The molecule has 3 rings (SSSR count). The summed E-state index contributed by atoms with van der Waals surface area (Å²) in [5, 5.41) is 3.28. The lowest BCUT2D eigenvalue weighted by atomic mass is 9.95. The molecular formula is C20H23ClN2O4S. The normalized spacial score (nSPS) is 15.1. The van der Waals surface area contributed by atoms with E-state index >= 15 is 0 Å². The van der Waals surface area contributed by atoms with Crippen molar-refractivity contribution in [1.29, 1.82) is 0 Å². The van der Waals surface area contributed by atoms with Crippen LogP contribution >= 0.6 is 11.6 Å². The molecule has 0 radical (unpaired) electrons. The van der Waals surface area contributed by atoms with Gasteiger partial charge < -0.3 is 10.1 Å². The summed E-state index contributed by atoms with van der Waals surface area (Å²) in [7, 11) is -2.16. The Balaban J connectivity index is 1.72. The highest BCUT2D eigenvalue weighted by Crippen LogP contribution is 2.48. The number of amides is 1. The number of halogens is 1. The third kappa shape index (κ3) is 4.32. The van der Waals surface area contributed by atoms with Crippen molar-refractivity contribution in [2.75, 3.05) is 25.0 Å². The molecule has 1 aliphatic carbocycles. The van der Waals surface area contributed by atoms with Crippen LogP contribution in [0, 0.1) is 6.92 Å². The quantitative estimate of drug-likeness (QED) is 0.639. The van der Waals surface area contributed by atoms with Gasteiger partial charge in [0.15, 0.2) is 0 Å². The summed E-state index contributed by atoms with van der Waals surface area (Å²) < 4.78 is 32.6. The number of anilines is 1. The lowest BCUT2D eigenvalue weighted by Gasteiger charge is -2.16. The maximum absolute atomic E-state index is 12.6. The highest BCUT2D eigenvalue weighted by Gasteiger charge is 2.51. The van der Waals surface area contributed by atoms with Crippen molar-refractivity contribution in [2.45, 2.75) is 30.1 Å². The summed E-state index contributed by atoms with van der Waals surface area (Å²) in [5.41, 5.74) is 1.60. The molecule has 0 atom stereocenters. The van der Waals surface area contributed by atoms with Crippen molar-refractivity contribution in [3.63, 3.8) is 0 Å². The number of aryl methyl sites for hydroxylation is 1. The van der Waals surface area contributed by atoms with E-state index in [-0.39, 0.29) is 10.8 Å². The fraction of sp³-hybridized carbons (Fsp3) is 0.350. The highest BCUT2D eigenvalue weighted by molar-refractivity contribution is 7.92. The van der Waals surface area contributed by atoms with Crippen LogP contribution in [0.1, 0.15) is 24.0 Å². The standard InChI is InChI=1S/C20H23ClN2O4S/c1-14-3-8-17(13-18(14)21)28(25,26)23-16-6-4-15(5-7-16)20(9-10-20)19(24)22-11-12-27-2/h3-8,13,23H,9-12H2,1-2H3,(H,22,24). The first-order valence-corrected chi connectivity index (χ1v) is 10.8. The summed E-state index contributed by atoms with van der Waals surface area (Å²) in [6.07, 6.45) is 1.55. The SMILES string of the molecule is COCCNC(=O)C1(c2ccc(NS(=O)(=O)c3ccc(C)c(Cl)c3)cc2)CC1. The number of ether oxygens (including phenoxy) is 1. The Kier molecular flexibility index (Phi) is 5.98. The van der Waals surface area contributed by atoms with Crippen LogP contribution in [-0.2, 0) is 25.0 Å². The number of rotatable bonds is 8. The van der Waals surface area contributed by atoms with Gasteiger partial charge in [-0.25, -0.2) is 8.42 Å². The molecule has 1 aliphatic rings. The minimum atomic E-state index is -3.74. The monoisotopic (exact) mass is 422 g/mol. The Morgan fingerprint density at radius 2 is 1.86 bits per heavy atom. The van der Waals surface area contributed by atoms with Crippen molar-refractivity contribution in [1.82, 2.24) is 5.32 Å². The van der Waals surface area contributed by atoms with Crippen LogP contribution in [-0.4, -0.2) is 34.6 Å². The Bertz CT molecular complexity index is 970. The van der Waals surface area contributed by atoms with Crippen molar-refractivity contribution < 1.29 is 17.9 Å². The predicted molar refractivity (Wildman–Crippen MR) is 109 cm³/mol. The zero-order valence-corrected chi connectivity index (χ0v) is 17.4. The molecule has 2 N–H and O–H groups in total. The van der Waals surface area contributed by atoms with Gasteiger partial charge in [-0.05, 0) is 55.2 Å². The van der Waals surface area contributed by atoms with Gasteiger partial charge in [0.1, 0.15) is 0 Å². The second kappa shape index (κ2) is 8.11. The van der Waals surface area contributed by atoms with Gasteiger partial charge in [0.05, 0.1) is 16.9 Å². The molecule has 0 aliphatic heterocycles. The second-order valence-electron chi connectivity index (χ2n) is 6.92. The predicted octanol–water partition coefficient (Wildman–Crippen LogP) is 3.24. The lowest BCUT2D eigenvalue weighted by Crippen LogP contribution is -2.36. The van der Waals surface area contributed by atoms with Crippen LogP contribution in [0.25, 0.3) is 0 Å². The molecule has 8 heteroatoms. The molecule has 1 fully saturated rings. The molecule has 0 saturated heterocycles. The fourth-order valence-electron chi connectivity index (χ4n) is 3.02. The number of methoxy groups -OCH3 is 1. The summed E-state index contributed by atoms with van der Waals surface area (Å²) >= 11 is 6.04. The van der Waals surface area contributed by atoms with Gasteiger partial charge in [-0.15, -0.1) is 0 Å². The molecule has 0 aromatic heterocycles. The first-order chi connectivity index (χ1) is 13.3. The number of hydrogen-bond donors (Lipinski definition) is 2. The number of benzene rings is 2. The molecule has 1 amide bonds. The first kappa shape index (κ1) is 20.6. The van der Waals surface area contributed by atoms with E-state index in [9.17, 15) is 13.2 Å². The largest absolute Gasteiger partial charge is 0.383 e. The molecule has 0 heterocycles. The number of nitrogens with one attached hydrogen (secondary N) is 2. The number of carbonyl (C=O) groups is 1. The Morgan fingerprint density at radius 1 is 1.18 bits per heavy atom. The van der Waals surface area contributed by atoms with Gasteiger partial charge >= 0.3 is 0 Å². The first-order valence-electron chi connectivity index (χ1n) is 8.95. The maximum Gasteiger partial charge on any atom is 0.261 e. The molecule has 0 unspecified atom stereocenters. The average Bonchev–Trinajstić information content (AvgIpc) is 3.46. The van der Waals surface area contributed by atoms with Gasteiger partial charge in [0.2, 0.25) is 5.91 Å². The second-order valence-corrected chi connectivity index (χ2v) is 9.01. The number of hydrogen-bond acceptors (Lipinski definition) is 4. The molecule has 1 saturated carbocycles. The summed E-state index contributed by atoms with van der Waals surface area (Å²) in [4.78, 5) is 12.6. The van der Waals surface area contributed by atoms with Crippen molar-refractivity contribution in [3.8, 4) is 0 Å². The summed E-state index contributed by atoms with van der Waals surface area (Å²) in [6.45, 7) is 2.74. The zero-order chi connectivity index (χ0) is 20.4. The van der Waals surface area contributed by atoms with Gasteiger partial charge in [-0.2, -0.15) is 0 Å². The maximum atomic E-state index is 12.6. The fourth-order valence-corrected chi connectivity index (χ4v) is 4.35.